The van der Waals surface area contributed by atoms with E-state index in [9.17, 15) is 4.79 Å². The normalized spacial score (nSPS) is 26.4. The van der Waals surface area contributed by atoms with Crippen LogP contribution in [0.3, 0.4) is 0 Å². The monoisotopic (exact) mass is 346 g/mol. The van der Waals surface area contributed by atoms with Crippen LogP contribution in [0, 0.1) is 6.92 Å². The molecule has 2 atom stereocenters. The van der Waals surface area contributed by atoms with Crippen LogP contribution in [0.4, 0.5) is 0 Å². The average Bonchev–Trinajstić information content (AvgIpc) is 2.97. The van der Waals surface area contributed by atoms with E-state index >= 15 is 0 Å². The van der Waals surface area contributed by atoms with Gasteiger partial charge in [0.05, 0.1) is 11.7 Å². The van der Waals surface area contributed by atoms with Gasteiger partial charge in [0.25, 0.3) is 5.91 Å². The van der Waals surface area contributed by atoms with E-state index in [1.165, 1.54) is 12.0 Å². The van der Waals surface area contributed by atoms with Crippen molar-refractivity contribution in [2.75, 3.05) is 40.3 Å². The lowest BCUT2D eigenvalue weighted by Crippen LogP contribution is -2.47. The predicted molar refractivity (Wildman–Crippen MR) is 97.9 cm³/mol. The summed E-state index contributed by atoms with van der Waals surface area (Å²) in [5, 5.41) is 0. The highest BCUT2D eigenvalue weighted by Gasteiger charge is 2.44. The third kappa shape index (κ3) is 4.73. The highest BCUT2D eigenvalue weighted by atomic mass is 16.5. The fraction of sp³-hybridized carbons (Fsp3) is 0.650. The lowest BCUT2D eigenvalue weighted by atomic mass is 9.90. The first-order valence-electron chi connectivity index (χ1n) is 9.26. The average molecular weight is 346 g/mol. The second-order valence-corrected chi connectivity index (χ2v) is 7.74. The Morgan fingerprint density at radius 3 is 2.80 bits per heavy atom. The molecule has 25 heavy (non-hydrogen) atoms. The van der Waals surface area contributed by atoms with E-state index in [1.54, 1.807) is 0 Å². The predicted octanol–water partition coefficient (Wildman–Crippen LogP) is 2.48. The Morgan fingerprint density at radius 1 is 1.32 bits per heavy atom. The Labute approximate surface area is 150 Å². The molecule has 0 radical (unpaired) electrons. The van der Waals surface area contributed by atoms with Gasteiger partial charge in [-0.05, 0) is 58.8 Å². The quantitative estimate of drug-likeness (QED) is 0.821. The van der Waals surface area contributed by atoms with Gasteiger partial charge in [-0.3, -0.25) is 4.79 Å². The second kappa shape index (κ2) is 7.75. The van der Waals surface area contributed by atoms with Crippen LogP contribution < -0.4 is 4.74 Å². The molecule has 5 heteroatoms. The summed E-state index contributed by atoms with van der Waals surface area (Å²) in [7, 11) is 4.16. The van der Waals surface area contributed by atoms with Crippen molar-refractivity contribution in [2.24, 2.45) is 0 Å². The summed E-state index contributed by atoms with van der Waals surface area (Å²) in [6.07, 6.45) is 4.57. The molecule has 2 fully saturated rings. The maximum atomic E-state index is 12.5. The summed E-state index contributed by atoms with van der Waals surface area (Å²) >= 11 is 0. The van der Waals surface area contributed by atoms with Gasteiger partial charge in [0.1, 0.15) is 5.75 Å². The fourth-order valence-corrected chi connectivity index (χ4v) is 3.89. The van der Waals surface area contributed by atoms with E-state index < -0.39 is 0 Å². The number of carbonyl (C=O) groups excluding carboxylic acids is 1. The number of nitrogens with zero attached hydrogens (tertiary/aromatic N) is 2. The summed E-state index contributed by atoms with van der Waals surface area (Å²) in [4.78, 5) is 16.6. The Kier molecular flexibility index (Phi) is 5.64. The number of carbonyl (C=O) groups is 1. The molecule has 1 aromatic carbocycles. The molecule has 0 bridgehead atoms. The number of amides is 1. The molecule has 0 aromatic heterocycles. The van der Waals surface area contributed by atoms with Gasteiger partial charge < -0.3 is 19.3 Å². The van der Waals surface area contributed by atoms with Crippen LogP contribution in [0.25, 0.3) is 0 Å². The molecule has 1 amide bonds. The first-order valence-corrected chi connectivity index (χ1v) is 9.26. The van der Waals surface area contributed by atoms with Crippen molar-refractivity contribution in [3.05, 3.63) is 29.8 Å². The van der Waals surface area contributed by atoms with Gasteiger partial charge in [0.15, 0.2) is 6.61 Å². The Morgan fingerprint density at radius 2 is 2.08 bits per heavy atom. The molecule has 1 aromatic rings. The van der Waals surface area contributed by atoms with Crippen LogP contribution in [-0.4, -0.2) is 67.7 Å². The second-order valence-electron chi connectivity index (χ2n) is 7.74. The summed E-state index contributed by atoms with van der Waals surface area (Å²) in [6.45, 7) is 4.55. The van der Waals surface area contributed by atoms with Gasteiger partial charge in [-0.1, -0.05) is 17.7 Å². The van der Waals surface area contributed by atoms with E-state index in [0.717, 1.165) is 38.1 Å². The minimum absolute atomic E-state index is 0.0517. The van der Waals surface area contributed by atoms with Crippen molar-refractivity contribution in [2.45, 2.75) is 44.3 Å². The molecule has 0 unspecified atom stereocenters. The van der Waals surface area contributed by atoms with Crippen LogP contribution >= 0.6 is 0 Å². The van der Waals surface area contributed by atoms with E-state index in [2.05, 4.69) is 19.0 Å². The molecule has 0 aliphatic carbocycles. The van der Waals surface area contributed by atoms with Crippen LogP contribution in [0.5, 0.6) is 5.75 Å². The molecule has 2 saturated heterocycles. The number of ether oxygens (including phenoxy) is 2. The SMILES string of the molecule is Cc1ccc(OCC(=O)N2CC[C@]3(CCC[C@@H](CN(C)C)O3)C2)cc1. The maximum absolute atomic E-state index is 12.5. The number of likely N-dealkylation sites (tertiary alicyclic amines) is 1. The van der Waals surface area contributed by atoms with Gasteiger partial charge in [-0.2, -0.15) is 0 Å². The number of hydrogen-bond donors (Lipinski definition) is 0. The Hall–Kier alpha value is -1.59. The van der Waals surface area contributed by atoms with E-state index in [1.807, 2.05) is 36.1 Å². The molecule has 2 aliphatic rings. The van der Waals surface area contributed by atoms with Crippen molar-refractivity contribution >= 4 is 5.91 Å². The molecule has 2 aliphatic heterocycles. The van der Waals surface area contributed by atoms with Gasteiger partial charge >= 0.3 is 0 Å². The standard InChI is InChI=1S/C20H30N2O3/c1-16-6-8-17(9-7-16)24-14-19(23)22-12-11-20(15-22)10-4-5-18(25-20)13-21(2)3/h6-9,18H,4-5,10-15H2,1-3H3/t18-,20+/m0/s1. The van der Waals surface area contributed by atoms with Crippen LogP contribution in [0.2, 0.25) is 0 Å². The molecule has 0 saturated carbocycles. The third-order valence-corrected chi connectivity index (χ3v) is 5.20. The summed E-state index contributed by atoms with van der Waals surface area (Å²) in [6, 6.07) is 7.80. The highest BCUT2D eigenvalue weighted by molar-refractivity contribution is 5.78. The minimum Gasteiger partial charge on any atom is -0.484 e. The Bertz CT molecular complexity index is 587. The smallest absolute Gasteiger partial charge is 0.260 e. The summed E-state index contributed by atoms with van der Waals surface area (Å²) in [5.74, 6) is 0.795. The first-order chi connectivity index (χ1) is 12.0. The number of aryl methyl sites for hydroxylation is 1. The van der Waals surface area contributed by atoms with Crippen molar-refractivity contribution in [1.82, 2.24) is 9.80 Å². The molecule has 1 spiro atoms. The summed E-state index contributed by atoms with van der Waals surface area (Å²) in [5.41, 5.74) is 1.04. The zero-order valence-corrected chi connectivity index (χ0v) is 15.7. The van der Waals surface area contributed by atoms with Crippen LogP contribution in [0.1, 0.15) is 31.2 Å². The van der Waals surface area contributed by atoms with Gasteiger partial charge in [-0.15, -0.1) is 0 Å². The fourth-order valence-electron chi connectivity index (χ4n) is 3.89. The van der Waals surface area contributed by atoms with Crippen molar-refractivity contribution in [3.63, 3.8) is 0 Å². The van der Waals surface area contributed by atoms with E-state index in [4.69, 9.17) is 9.47 Å². The topological polar surface area (TPSA) is 42.0 Å². The zero-order valence-electron chi connectivity index (χ0n) is 15.7. The summed E-state index contributed by atoms with van der Waals surface area (Å²) < 4.78 is 12.1. The van der Waals surface area contributed by atoms with Gasteiger partial charge in [0.2, 0.25) is 0 Å². The molecular weight excluding hydrogens is 316 g/mol. The number of hydrogen-bond acceptors (Lipinski definition) is 4. The molecule has 0 N–H and O–H groups in total. The number of likely N-dealkylation sites (N-methyl/N-ethyl adjacent to an activating group) is 1. The maximum Gasteiger partial charge on any atom is 0.260 e. The largest absolute Gasteiger partial charge is 0.484 e. The van der Waals surface area contributed by atoms with Crippen molar-refractivity contribution < 1.29 is 14.3 Å². The first kappa shape index (κ1) is 18.2. The Balaban J connectivity index is 1.51. The molecule has 5 nitrogen and oxygen atoms in total. The number of benzene rings is 1. The third-order valence-electron chi connectivity index (χ3n) is 5.20. The number of rotatable bonds is 5. The molecule has 3 rings (SSSR count). The van der Waals surface area contributed by atoms with Crippen molar-refractivity contribution in [1.29, 1.82) is 0 Å². The van der Waals surface area contributed by atoms with E-state index in [-0.39, 0.29) is 24.2 Å². The van der Waals surface area contributed by atoms with Crippen LogP contribution in [-0.2, 0) is 9.53 Å². The van der Waals surface area contributed by atoms with Gasteiger partial charge in [0, 0.05) is 19.6 Å². The molecule has 2 heterocycles. The molecule has 138 valence electrons. The van der Waals surface area contributed by atoms with Gasteiger partial charge in [-0.25, -0.2) is 0 Å². The lowest BCUT2D eigenvalue weighted by molar-refractivity contribution is -0.141. The highest BCUT2D eigenvalue weighted by Crippen LogP contribution is 2.36. The van der Waals surface area contributed by atoms with E-state index in [0.29, 0.717) is 6.54 Å². The molecular formula is C20H30N2O3. The minimum atomic E-state index is -0.140. The lowest BCUT2D eigenvalue weighted by Gasteiger charge is -2.39. The zero-order chi connectivity index (χ0) is 17.9. The van der Waals surface area contributed by atoms with Crippen LogP contribution in [0.15, 0.2) is 24.3 Å². The van der Waals surface area contributed by atoms with Crippen molar-refractivity contribution in [3.8, 4) is 5.75 Å².